The standard InChI is InChI=1S/C11H12ClFN2O3/c1-18-9-6-7(13)2-3-8(9)14-11(17)15-10(16)4-5-12/h2-3,6H,4-5H2,1H3,(H2,14,15,16,17). The molecule has 0 spiro atoms. The molecular formula is C11H12ClFN2O3. The Bertz CT molecular complexity index is 454. The molecule has 0 fully saturated rings. The minimum absolute atomic E-state index is 0.0372. The maximum atomic E-state index is 12.9. The van der Waals surface area contributed by atoms with Gasteiger partial charge in [-0.2, -0.15) is 0 Å². The van der Waals surface area contributed by atoms with Crippen molar-refractivity contribution in [2.45, 2.75) is 6.42 Å². The Hall–Kier alpha value is -1.82. The molecule has 1 aromatic carbocycles. The lowest BCUT2D eigenvalue weighted by Crippen LogP contribution is -2.34. The van der Waals surface area contributed by atoms with Gasteiger partial charge in [0.15, 0.2) is 0 Å². The van der Waals surface area contributed by atoms with Crippen molar-refractivity contribution in [3.05, 3.63) is 24.0 Å². The van der Waals surface area contributed by atoms with Crippen LogP contribution in [0.4, 0.5) is 14.9 Å². The van der Waals surface area contributed by atoms with Crippen molar-refractivity contribution in [3.63, 3.8) is 0 Å². The number of benzene rings is 1. The number of anilines is 1. The highest BCUT2D eigenvalue weighted by molar-refractivity contribution is 6.19. The first-order chi connectivity index (χ1) is 8.56. The zero-order valence-corrected chi connectivity index (χ0v) is 10.4. The third kappa shape index (κ3) is 4.21. The first-order valence-corrected chi connectivity index (χ1v) is 5.60. The van der Waals surface area contributed by atoms with E-state index in [1.54, 1.807) is 0 Å². The molecule has 0 radical (unpaired) electrons. The van der Waals surface area contributed by atoms with Gasteiger partial charge in [-0.05, 0) is 12.1 Å². The Morgan fingerprint density at radius 3 is 2.78 bits per heavy atom. The van der Waals surface area contributed by atoms with Gasteiger partial charge in [0.05, 0.1) is 12.8 Å². The van der Waals surface area contributed by atoms with Crippen molar-refractivity contribution in [1.29, 1.82) is 0 Å². The number of imide groups is 1. The summed E-state index contributed by atoms with van der Waals surface area (Å²) >= 11 is 5.35. The van der Waals surface area contributed by atoms with Crippen molar-refractivity contribution >= 4 is 29.2 Å². The van der Waals surface area contributed by atoms with Crippen LogP contribution >= 0.6 is 11.6 Å². The number of hydrogen-bond donors (Lipinski definition) is 2. The fourth-order valence-corrected chi connectivity index (χ4v) is 1.37. The van der Waals surface area contributed by atoms with Crippen molar-refractivity contribution in [2.24, 2.45) is 0 Å². The Morgan fingerprint density at radius 2 is 2.17 bits per heavy atom. The van der Waals surface area contributed by atoms with Crippen LogP contribution in [0.3, 0.4) is 0 Å². The van der Waals surface area contributed by atoms with Crippen LogP contribution in [0, 0.1) is 5.82 Å². The number of halogens is 2. The summed E-state index contributed by atoms with van der Waals surface area (Å²) in [5.74, 6) is -0.701. The van der Waals surface area contributed by atoms with E-state index in [4.69, 9.17) is 16.3 Å². The van der Waals surface area contributed by atoms with Gasteiger partial charge in [0.2, 0.25) is 5.91 Å². The van der Waals surface area contributed by atoms with Gasteiger partial charge in [0.25, 0.3) is 0 Å². The van der Waals surface area contributed by atoms with Crippen LogP contribution in [-0.4, -0.2) is 24.9 Å². The number of carbonyl (C=O) groups excluding carboxylic acids is 2. The van der Waals surface area contributed by atoms with Gasteiger partial charge >= 0.3 is 6.03 Å². The summed E-state index contributed by atoms with van der Waals surface area (Å²) in [7, 11) is 1.34. The maximum Gasteiger partial charge on any atom is 0.325 e. The van der Waals surface area contributed by atoms with E-state index in [1.807, 2.05) is 0 Å². The third-order valence-corrected chi connectivity index (χ3v) is 2.18. The van der Waals surface area contributed by atoms with E-state index in [2.05, 4.69) is 10.6 Å². The van der Waals surface area contributed by atoms with Gasteiger partial charge in [0, 0.05) is 18.4 Å². The second-order valence-electron chi connectivity index (χ2n) is 3.29. The zero-order valence-electron chi connectivity index (χ0n) is 9.63. The Balaban J connectivity index is 2.67. The number of amides is 3. The van der Waals surface area contributed by atoms with Crippen molar-refractivity contribution in [2.75, 3.05) is 18.3 Å². The monoisotopic (exact) mass is 274 g/mol. The van der Waals surface area contributed by atoms with Crippen molar-refractivity contribution < 1.29 is 18.7 Å². The number of carbonyl (C=O) groups is 2. The van der Waals surface area contributed by atoms with E-state index >= 15 is 0 Å². The molecule has 0 saturated carbocycles. The molecule has 1 rings (SSSR count). The van der Waals surface area contributed by atoms with Crippen LogP contribution in [-0.2, 0) is 4.79 Å². The van der Waals surface area contributed by atoms with E-state index in [0.29, 0.717) is 0 Å². The van der Waals surface area contributed by atoms with Gasteiger partial charge < -0.3 is 10.1 Å². The number of alkyl halides is 1. The summed E-state index contributed by atoms with van der Waals surface area (Å²) in [6.07, 6.45) is 0.0372. The third-order valence-electron chi connectivity index (χ3n) is 1.99. The molecule has 0 unspecified atom stereocenters. The number of nitrogens with one attached hydrogen (secondary N) is 2. The van der Waals surface area contributed by atoms with Crippen LogP contribution < -0.4 is 15.4 Å². The summed E-state index contributed by atoms with van der Waals surface area (Å²) in [5, 5.41) is 4.44. The normalized spacial score (nSPS) is 9.72. The van der Waals surface area contributed by atoms with Crippen LogP contribution in [0.2, 0.25) is 0 Å². The van der Waals surface area contributed by atoms with Crippen LogP contribution in [0.1, 0.15) is 6.42 Å². The molecule has 0 aromatic heterocycles. The average Bonchev–Trinajstić information content (AvgIpc) is 2.31. The molecular weight excluding hydrogens is 263 g/mol. The predicted octanol–water partition coefficient (Wildman–Crippen LogP) is 2.11. The molecule has 2 N–H and O–H groups in total. The summed E-state index contributed by atoms with van der Waals surface area (Å²) < 4.78 is 17.8. The van der Waals surface area contributed by atoms with Crippen molar-refractivity contribution in [1.82, 2.24) is 5.32 Å². The van der Waals surface area contributed by atoms with Gasteiger partial charge in [-0.3, -0.25) is 10.1 Å². The van der Waals surface area contributed by atoms with E-state index in [9.17, 15) is 14.0 Å². The highest BCUT2D eigenvalue weighted by Gasteiger charge is 2.10. The number of rotatable bonds is 4. The fraction of sp³-hybridized carbons (Fsp3) is 0.273. The minimum atomic E-state index is -0.727. The lowest BCUT2D eigenvalue weighted by atomic mass is 10.3. The molecule has 0 bridgehead atoms. The van der Waals surface area contributed by atoms with Crippen LogP contribution in [0.15, 0.2) is 18.2 Å². The molecule has 18 heavy (non-hydrogen) atoms. The number of ether oxygens (including phenoxy) is 1. The average molecular weight is 275 g/mol. The first-order valence-electron chi connectivity index (χ1n) is 5.07. The van der Waals surface area contributed by atoms with E-state index in [0.717, 1.165) is 6.07 Å². The number of hydrogen-bond acceptors (Lipinski definition) is 3. The first kappa shape index (κ1) is 14.2. The van der Waals surface area contributed by atoms with Crippen LogP contribution in [0.5, 0.6) is 5.75 Å². The summed E-state index contributed by atoms with van der Waals surface area (Å²) in [5.41, 5.74) is 0.259. The maximum absolute atomic E-state index is 12.9. The van der Waals surface area contributed by atoms with Crippen LogP contribution in [0.25, 0.3) is 0 Å². The molecule has 1 aromatic rings. The lowest BCUT2D eigenvalue weighted by Gasteiger charge is -2.10. The second-order valence-corrected chi connectivity index (χ2v) is 3.66. The topological polar surface area (TPSA) is 67.4 Å². The molecule has 98 valence electrons. The van der Waals surface area contributed by atoms with Gasteiger partial charge in [-0.15, -0.1) is 11.6 Å². The quantitative estimate of drug-likeness (QED) is 0.827. The molecule has 0 atom stereocenters. The molecule has 0 heterocycles. The number of urea groups is 1. The summed E-state index contributed by atoms with van der Waals surface area (Å²) in [6, 6.07) is 2.89. The van der Waals surface area contributed by atoms with E-state index < -0.39 is 17.8 Å². The highest BCUT2D eigenvalue weighted by atomic mass is 35.5. The SMILES string of the molecule is COc1cc(F)ccc1NC(=O)NC(=O)CCCl. The largest absolute Gasteiger partial charge is 0.494 e. The van der Waals surface area contributed by atoms with E-state index in [-0.39, 0.29) is 23.7 Å². The van der Waals surface area contributed by atoms with Crippen molar-refractivity contribution in [3.8, 4) is 5.75 Å². The Morgan fingerprint density at radius 1 is 1.44 bits per heavy atom. The molecule has 0 saturated heterocycles. The Kier molecular flexibility index (Phi) is 5.38. The fourth-order valence-electron chi connectivity index (χ4n) is 1.20. The molecule has 0 aliphatic rings. The number of methoxy groups -OCH3 is 1. The Labute approximate surface area is 108 Å². The molecule has 7 heteroatoms. The predicted molar refractivity (Wildman–Crippen MR) is 65.5 cm³/mol. The molecule has 0 aliphatic heterocycles. The molecule has 5 nitrogen and oxygen atoms in total. The smallest absolute Gasteiger partial charge is 0.325 e. The lowest BCUT2D eigenvalue weighted by molar-refractivity contribution is -0.119. The van der Waals surface area contributed by atoms with Gasteiger partial charge in [-0.25, -0.2) is 9.18 Å². The second kappa shape index (κ2) is 6.80. The van der Waals surface area contributed by atoms with Gasteiger partial charge in [0.1, 0.15) is 11.6 Å². The highest BCUT2D eigenvalue weighted by Crippen LogP contribution is 2.24. The molecule has 0 aliphatic carbocycles. The molecule has 3 amide bonds. The van der Waals surface area contributed by atoms with E-state index in [1.165, 1.54) is 19.2 Å². The van der Waals surface area contributed by atoms with Gasteiger partial charge in [-0.1, -0.05) is 0 Å². The summed E-state index contributed by atoms with van der Waals surface area (Å²) in [4.78, 5) is 22.5. The summed E-state index contributed by atoms with van der Waals surface area (Å²) in [6.45, 7) is 0. The minimum Gasteiger partial charge on any atom is -0.494 e. The zero-order chi connectivity index (χ0) is 13.5.